The van der Waals surface area contributed by atoms with Crippen molar-refractivity contribution >= 4 is 39.7 Å². The van der Waals surface area contributed by atoms with Crippen LogP contribution in [0.3, 0.4) is 0 Å². The van der Waals surface area contributed by atoms with Crippen LogP contribution in [0.5, 0.6) is 0 Å². The maximum Gasteiger partial charge on any atom is 0.460 e. The number of hydrogen-bond donors (Lipinski definition) is 2. The maximum atomic E-state index is 14.3. The van der Waals surface area contributed by atoms with Crippen LogP contribution in [0.1, 0.15) is 16.1 Å². The Morgan fingerprint density at radius 3 is 2.43 bits per heavy atom. The highest BCUT2D eigenvalue weighted by molar-refractivity contribution is 7.16. The minimum Gasteiger partial charge on any atom is -0.402 e. The van der Waals surface area contributed by atoms with Gasteiger partial charge in [-0.3, -0.25) is 4.79 Å². The summed E-state index contributed by atoms with van der Waals surface area (Å²) >= 11 is 0.189. The molecule has 0 saturated carbocycles. The molecule has 0 aliphatic carbocycles. The van der Waals surface area contributed by atoms with Crippen molar-refractivity contribution in [3.05, 3.63) is 70.7 Å². The molecular formula is C26H20F5N7O3S. The minimum absolute atomic E-state index is 0.000492. The van der Waals surface area contributed by atoms with Gasteiger partial charge in [-0.1, -0.05) is 65.0 Å². The molecule has 0 spiro atoms. The third-order valence-electron chi connectivity index (χ3n) is 6.41. The van der Waals surface area contributed by atoms with E-state index in [1.807, 2.05) is 30.3 Å². The van der Waals surface area contributed by atoms with Gasteiger partial charge in [0, 0.05) is 24.2 Å². The highest BCUT2D eigenvalue weighted by Gasteiger charge is 2.61. The van der Waals surface area contributed by atoms with Crippen LogP contribution < -0.4 is 15.5 Å². The van der Waals surface area contributed by atoms with Crippen LogP contribution in [0.4, 0.5) is 38.7 Å². The van der Waals surface area contributed by atoms with Gasteiger partial charge in [-0.05, 0) is 6.07 Å². The number of benzodiazepines with no additional fused rings is 1. The quantitative estimate of drug-likeness (QED) is 0.298. The zero-order valence-electron chi connectivity index (χ0n) is 21.4. The Hall–Kier alpha value is -4.44. The molecule has 4 heterocycles. The molecule has 42 heavy (non-hydrogen) atoms. The van der Waals surface area contributed by atoms with Crippen molar-refractivity contribution in [3.63, 3.8) is 0 Å². The van der Waals surface area contributed by atoms with Crippen LogP contribution in [0, 0.1) is 0 Å². The monoisotopic (exact) mass is 605 g/mol. The van der Waals surface area contributed by atoms with Crippen LogP contribution in [0.25, 0.3) is 11.6 Å². The number of hydrogen-bond acceptors (Lipinski definition) is 10. The third kappa shape index (κ3) is 5.18. The maximum absolute atomic E-state index is 14.3. The standard InChI is InChI=1S/C26H20F5N7O3S/c27-25(28,26(29,30)31)23-34-18(22(42-23)38-10-12-40-13-11-38)21-36-37-24(41-21)35-19-20(39)32-16-9-5-4-8-15(16)17(33-19)14-6-2-1-3-7-14/h1-9,19H,10-13H2,(H,32,39)(H,35,37)/t19-/m1/s1. The van der Waals surface area contributed by atoms with Gasteiger partial charge in [0.25, 0.3) is 11.8 Å². The normalized spacial score (nSPS) is 17.7. The lowest BCUT2D eigenvalue weighted by molar-refractivity contribution is -0.289. The van der Waals surface area contributed by atoms with Crippen molar-refractivity contribution in [2.24, 2.45) is 4.99 Å². The summed E-state index contributed by atoms with van der Waals surface area (Å²) in [6.45, 7) is 0.927. The number of nitrogens with one attached hydrogen (secondary N) is 2. The van der Waals surface area contributed by atoms with Gasteiger partial charge in [0.2, 0.25) is 6.17 Å². The van der Waals surface area contributed by atoms with Gasteiger partial charge < -0.3 is 24.7 Å². The predicted molar refractivity (Wildman–Crippen MR) is 143 cm³/mol. The second-order valence-electron chi connectivity index (χ2n) is 9.18. The number of aliphatic imine (C=N–C) groups is 1. The predicted octanol–water partition coefficient (Wildman–Crippen LogP) is 4.91. The SMILES string of the molecule is O=C1Nc2ccccc2C(c2ccccc2)=N[C@@H]1Nc1nnc(-c2nc(C(F)(F)C(F)(F)F)sc2N2CCOCC2)o1. The molecule has 0 unspecified atom stereocenters. The molecule has 1 atom stereocenters. The molecular weight excluding hydrogens is 585 g/mol. The lowest BCUT2D eigenvalue weighted by Crippen LogP contribution is -2.36. The molecule has 2 aromatic heterocycles. The van der Waals surface area contributed by atoms with Crippen LogP contribution >= 0.6 is 11.3 Å². The van der Waals surface area contributed by atoms with Crippen LogP contribution in [0.2, 0.25) is 0 Å². The number of aromatic nitrogens is 3. The zero-order valence-corrected chi connectivity index (χ0v) is 22.2. The number of carbonyl (C=O) groups is 1. The fraction of sp³-hybridized carbons (Fsp3) is 0.269. The summed E-state index contributed by atoms with van der Waals surface area (Å²) in [4.78, 5) is 22.9. The van der Waals surface area contributed by atoms with E-state index in [0.29, 0.717) is 17.0 Å². The highest BCUT2D eigenvalue weighted by atomic mass is 32.1. The smallest absolute Gasteiger partial charge is 0.402 e. The molecule has 2 aliphatic heterocycles. The van der Waals surface area contributed by atoms with E-state index in [4.69, 9.17) is 9.15 Å². The molecule has 1 saturated heterocycles. The van der Waals surface area contributed by atoms with E-state index < -0.39 is 35.1 Å². The van der Waals surface area contributed by atoms with Gasteiger partial charge in [0.15, 0.2) is 10.7 Å². The number of thiazole rings is 1. The fourth-order valence-corrected chi connectivity index (χ4v) is 5.47. The van der Waals surface area contributed by atoms with E-state index in [9.17, 15) is 26.7 Å². The molecule has 4 aromatic rings. The first-order chi connectivity index (χ1) is 20.1. The van der Waals surface area contributed by atoms with Crippen molar-refractivity contribution in [2.75, 3.05) is 41.8 Å². The van der Waals surface area contributed by atoms with Crippen LogP contribution in [-0.2, 0) is 15.5 Å². The lowest BCUT2D eigenvalue weighted by atomic mass is 10.0. The Labute approximate surface area is 238 Å². The summed E-state index contributed by atoms with van der Waals surface area (Å²) in [6.07, 6.45) is -7.12. The van der Waals surface area contributed by atoms with Crippen molar-refractivity contribution < 1.29 is 35.9 Å². The lowest BCUT2D eigenvalue weighted by Gasteiger charge is -2.27. The van der Waals surface area contributed by atoms with E-state index in [-0.39, 0.29) is 54.3 Å². The Kier molecular flexibility index (Phi) is 7.10. The topological polar surface area (TPSA) is 118 Å². The number of para-hydroxylation sites is 1. The molecule has 2 N–H and O–H groups in total. The molecule has 6 rings (SSSR count). The van der Waals surface area contributed by atoms with Crippen molar-refractivity contribution in [2.45, 2.75) is 18.3 Å². The zero-order chi connectivity index (χ0) is 29.5. The molecule has 16 heteroatoms. The molecule has 2 aliphatic rings. The number of carbonyl (C=O) groups excluding carboxylic acids is 1. The second-order valence-corrected chi connectivity index (χ2v) is 10.2. The van der Waals surface area contributed by atoms with Crippen LogP contribution in [0.15, 0.2) is 64.0 Å². The number of halogens is 5. The van der Waals surface area contributed by atoms with Gasteiger partial charge in [-0.2, -0.15) is 22.0 Å². The number of amides is 1. The van der Waals surface area contributed by atoms with Crippen molar-refractivity contribution in [1.29, 1.82) is 0 Å². The Bertz CT molecular complexity index is 1630. The number of benzene rings is 2. The molecule has 0 radical (unpaired) electrons. The number of fused-ring (bicyclic) bond motifs is 1. The molecule has 1 amide bonds. The first-order valence-electron chi connectivity index (χ1n) is 12.5. The summed E-state index contributed by atoms with van der Waals surface area (Å²) in [6, 6.07) is 15.9. The van der Waals surface area contributed by atoms with Crippen molar-refractivity contribution in [1.82, 2.24) is 15.2 Å². The molecule has 10 nitrogen and oxygen atoms in total. The second kappa shape index (κ2) is 10.8. The number of nitrogens with zero attached hydrogens (tertiary/aromatic N) is 5. The van der Waals surface area contributed by atoms with Gasteiger partial charge in [-0.25, -0.2) is 9.98 Å². The van der Waals surface area contributed by atoms with Crippen molar-refractivity contribution in [3.8, 4) is 11.6 Å². The first-order valence-corrected chi connectivity index (χ1v) is 13.4. The summed E-state index contributed by atoms with van der Waals surface area (Å²) < 4.78 is 78.9. The molecule has 0 bridgehead atoms. The van der Waals surface area contributed by atoms with Gasteiger partial charge in [0.05, 0.1) is 24.6 Å². The molecule has 1 fully saturated rings. The average Bonchev–Trinajstić information content (AvgIpc) is 3.61. The van der Waals surface area contributed by atoms with Crippen LogP contribution in [-0.4, -0.2) is 65.4 Å². The van der Waals surface area contributed by atoms with E-state index in [2.05, 4.69) is 30.8 Å². The van der Waals surface area contributed by atoms with E-state index in [0.717, 1.165) is 5.56 Å². The Morgan fingerprint density at radius 2 is 1.69 bits per heavy atom. The number of anilines is 3. The fourth-order valence-electron chi connectivity index (χ4n) is 4.36. The largest absolute Gasteiger partial charge is 0.460 e. The highest BCUT2D eigenvalue weighted by Crippen LogP contribution is 2.49. The summed E-state index contributed by atoms with van der Waals surface area (Å²) in [7, 11) is 0. The Morgan fingerprint density at radius 1 is 0.976 bits per heavy atom. The summed E-state index contributed by atoms with van der Waals surface area (Å²) in [5.41, 5.74) is 2.08. The number of alkyl halides is 5. The number of morpholine rings is 1. The van der Waals surface area contributed by atoms with Gasteiger partial charge in [0.1, 0.15) is 5.00 Å². The molecule has 218 valence electrons. The van der Waals surface area contributed by atoms with Gasteiger partial charge in [-0.15, -0.1) is 5.10 Å². The number of rotatable bonds is 6. The van der Waals surface area contributed by atoms with E-state index in [1.165, 1.54) is 0 Å². The Balaban J connectivity index is 1.35. The summed E-state index contributed by atoms with van der Waals surface area (Å²) in [5.74, 6) is -6.17. The third-order valence-corrected chi connectivity index (χ3v) is 7.60. The number of ether oxygens (including phenoxy) is 1. The average molecular weight is 606 g/mol. The first kappa shape index (κ1) is 27.7. The minimum atomic E-state index is -5.86. The molecule has 2 aromatic carbocycles. The van der Waals surface area contributed by atoms with E-state index in [1.54, 1.807) is 29.2 Å². The van der Waals surface area contributed by atoms with E-state index >= 15 is 0 Å². The summed E-state index contributed by atoms with van der Waals surface area (Å²) in [5, 5.41) is 11.7. The van der Waals surface area contributed by atoms with Gasteiger partial charge >= 0.3 is 18.1 Å².